The molecule has 45 heavy (non-hydrogen) atoms. The number of anilines is 1. The van der Waals surface area contributed by atoms with E-state index >= 15 is 0 Å². The highest BCUT2D eigenvalue weighted by molar-refractivity contribution is 5.90. The first-order chi connectivity index (χ1) is 21.6. The van der Waals surface area contributed by atoms with Gasteiger partial charge in [-0.15, -0.1) is 0 Å². The molecule has 1 aromatic carbocycles. The first-order valence-corrected chi connectivity index (χ1v) is 16.5. The van der Waals surface area contributed by atoms with E-state index in [9.17, 15) is 24.0 Å². The SMILES string of the molecule is CC(C)C(=O)CCNC(=O)CCc1ccc(NC(=O)CCOCCOCCNC(=O)CCN2C(=O)CC2C)cc1.CCCCC. The van der Waals surface area contributed by atoms with E-state index in [2.05, 4.69) is 29.8 Å². The molecule has 0 saturated carbocycles. The number of ketones is 1. The summed E-state index contributed by atoms with van der Waals surface area (Å²) >= 11 is 0. The van der Waals surface area contributed by atoms with Crippen LogP contribution in [0.2, 0.25) is 0 Å². The Morgan fingerprint density at radius 2 is 1.44 bits per heavy atom. The van der Waals surface area contributed by atoms with E-state index in [1.54, 1.807) is 17.0 Å². The van der Waals surface area contributed by atoms with Crippen LogP contribution in [0.1, 0.15) is 91.5 Å². The molecule has 0 spiro atoms. The number of benzene rings is 1. The normalized spacial score (nSPS) is 13.9. The van der Waals surface area contributed by atoms with Gasteiger partial charge >= 0.3 is 0 Å². The fraction of sp³-hybridized carbons (Fsp3) is 0.676. The molecule has 1 heterocycles. The first kappa shape index (κ1) is 39.7. The Hall–Kier alpha value is -3.31. The predicted molar refractivity (Wildman–Crippen MR) is 176 cm³/mol. The molecule has 2 rings (SSSR count). The van der Waals surface area contributed by atoms with Crippen LogP contribution in [0.3, 0.4) is 0 Å². The first-order valence-electron chi connectivity index (χ1n) is 16.5. The number of likely N-dealkylation sites (tertiary alicyclic amines) is 1. The van der Waals surface area contributed by atoms with Crippen LogP contribution in [-0.4, -0.2) is 86.4 Å². The Morgan fingerprint density at radius 1 is 0.822 bits per heavy atom. The molecule has 1 aliphatic rings. The molecule has 0 aliphatic carbocycles. The van der Waals surface area contributed by atoms with Crippen molar-refractivity contribution >= 4 is 35.1 Å². The van der Waals surface area contributed by atoms with E-state index < -0.39 is 0 Å². The monoisotopic (exact) mass is 632 g/mol. The Kier molecular flexibility index (Phi) is 21.2. The molecule has 254 valence electrons. The van der Waals surface area contributed by atoms with E-state index in [-0.39, 0.29) is 60.8 Å². The van der Waals surface area contributed by atoms with Crippen molar-refractivity contribution in [2.45, 2.75) is 98.4 Å². The van der Waals surface area contributed by atoms with Crippen molar-refractivity contribution in [2.24, 2.45) is 5.92 Å². The van der Waals surface area contributed by atoms with Crippen LogP contribution < -0.4 is 16.0 Å². The lowest BCUT2D eigenvalue weighted by Crippen LogP contribution is -2.51. The number of nitrogens with one attached hydrogen (secondary N) is 3. The predicted octanol–water partition coefficient (Wildman–Crippen LogP) is 4.04. The van der Waals surface area contributed by atoms with Gasteiger partial charge in [-0.1, -0.05) is 59.1 Å². The van der Waals surface area contributed by atoms with E-state index in [4.69, 9.17) is 9.47 Å². The van der Waals surface area contributed by atoms with Crippen LogP contribution in [0.15, 0.2) is 24.3 Å². The summed E-state index contributed by atoms with van der Waals surface area (Å²) in [6.45, 7) is 12.6. The zero-order valence-corrected chi connectivity index (χ0v) is 28.1. The Morgan fingerprint density at radius 3 is 2.02 bits per heavy atom. The maximum atomic E-state index is 12.1. The van der Waals surface area contributed by atoms with Gasteiger partial charge in [0, 0.05) is 63.0 Å². The van der Waals surface area contributed by atoms with Crippen molar-refractivity contribution < 1.29 is 33.4 Å². The van der Waals surface area contributed by atoms with Crippen molar-refractivity contribution in [3.05, 3.63) is 29.8 Å². The highest BCUT2D eigenvalue weighted by Crippen LogP contribution is 2.18. The molecule has 11 heteroatoms. The van der Waals surface area contributed by atoms with Gasteiger partial charge in [-0.25, -0.2) is 0 Å². The second-order valence-electron chi connectivity index (χ2n) is 11.5. The minimum Gasteiger partial charge on any atom is -0.379 e. The summed E-state index contributed by atoms with van der Waals surface area (Å²) in [5.41, 5.74) is 1.65. The van der Waals surface area contributed by atoms with Gasteiger partial charge in [0.15, 0.2) is 0 Å². The quantitative estimate of drug-likeness (QED) is 0.129. The Balaban J connectivity index is 0.00000187. The number of aryl methyl sites for hydroxylation is 1. The van der Waals surface area contributed by atoms with Crippen LogP contribution in [0, 0.1) is 5.92 Å². The van der Waals surface area contributed by atoms with E-state index in [1.807, 2.05) is 32.9 Å². The third-order valence-electron chi connectivity index (χ3n) is 7.24. The van der Waals surface area contributed by atoms with Gasteiger partial charge in [0.05, 0.1) is 32.8 Å². The van der Waals surface area contributed by atoms with Crippen LogP contribution in [-0.2, 0) is 39.9 Å². The average molecular weight is 633 g/mol. The number of nitrogens with zero attached hydrogens (tertiary/aromatic N) is 1. The second kappa shape index (κ2) is 24.0. The zero-order chi connectivity index (χ0) is 33.5. The van der Waals surface area contributed by atoms with Gasteiger partial charge in [-0.2, -0.15) is 0 Å². The highest BCUT2D eigenvalue weighted by atomic mass is 16.5. The molecular weight excluding hydrogens is 576 g/mol. The third-order valence-corrected chi connectivity index (χ3v) is 7.24. The van der Waals surface area contributed by atoms with Gasteiger partial charge in [0.1, 0.15) is 5.78 Å². The minimum absolute atomic E-state index is 0.0215. The van der Waals surface area contributed by atoms with Crippen LogP contribution in [0.4, 0.5) is 5.69 Å². The molecule has 0 radical (unpaired) electrons. The van der Waals surface area contributed by atoms with E-state index in [0.717, 1.165) is 5.56 Å². The molecule has 1 aliphatic heterocycles. The third kappa shape index (κ3) is 19.0. The lowest BCUT2D eigenvalue weighted by atomic mass is 10.0. The molecule has 0 bridgehead atoms. The number of Topliss-reactive ketones (excluding diaryl/α,β-unsaturated/α-hetero) is 1. The largest absolute Gasteiger partial charge is 0.379 e. The van der Waals surface area contributed by atoms with Gasteiger partial charge in [0.25, 0.3) is 0 Å². The standard InChI is InChI=1S/C29H44N4O7.C5H12/c1-21(2)25(34)10-13-30-26(35)9-6-23-4-7-24(8-5-23)32-28(37)12-16-39-18-19-40-17-14-31-27(36)11-15-33-22(3)20-29(33)38;1-3-5-4-2/h4-5,7-8,21-22H,6,9-20H2,1-3H3,(H,30,35)(H,31,36)(H,32,37);3-5H2,1-2H3. The number of carbonyl (C=O) groups is 5. The average Bonchev–Trinajstić information content (AvgIpc) is 3.00. The molecule has 11 nitrogen and oxygen atoms in total. The summed E-state index contributed by atoms with van der Waals surface area (Å²) in [6.07, 6.45) is 6.38. The van der Waals surface area contributed by atoms with Crippen molar-refractivity contribution in [3.8, 4) is 0 Å². The van der Waals surface area contributed by atoms with Crippen molar-refractivity contribution in [1.82, 2.24) is 15.5 Å². The summed E-state index contributed by atoms with van der Waals surface area (Å²) in [6, 6.07) is 7.55. The summed E-state index contributed by atoms with van der Waals surface area (Å²) in [5, 5.41) is 8.35. The van der Waals surface area contributed by atoms with Gasteiger partial charge in [-0.05, 0) is 31.0 Å². The molecule has 1 unspecified atom stereocenters. The number of carbonyl (C=O) groups excluding carboxylic acids is 5. The number of β-lactam (4-membered cyclic amide) rings is 1. The summed E-state index contributed by atoms with van der Waals surface area (Å²) < 4.78 is 10.9. The molecule has 1 atom stereocenters. The van der Waals surface area contributed by atoms with Crippen LogP contribution in [0.25, 0.3) is 0 Å². The highest BCUT2D eigenvalue weighted by Gasteiger charge is 2.31. The van der Waals surface area contributed by atoms with Gasteiger partial charge in [-0.3, -0.25) is 24.0 Å². The fourth-order valence-electron chi connectivity index (χ4n) is 4.31. The molecule has 4 amide bonds. The Labute approximate surface area is 269 Å². The smallest absolute Gasteiger partial charge is 0.226 e. The molecule has 0 aromatic heterocycles. The number of unbranched alkanes of at least 4 members (excludes halogenated alkanes) is 2. The lowest BCUT2D eigenvalue weighted by Gasteiger charge is -2.38. The summed E-state index contributed by atoms with van der Waals surface area (Å²) in [4.78, 5) is 60.6. The zero-order valence-electron chi connectivity index (χ0n) is 28.1. The molecular formula is C34H56N4O7. The fourth-order valence-corrected chi connectivity index (χ4v) is 4.31. The molecule has 3 N–H and O–H groups in total. The number of hydrogen-bond acceptors (Lipinski definition) is 7. The van der Waals surface area contributed by atoms with Gasteiger partial charge in [0.2, 0.25) is 23.6 Å². The van der Waals surface area contributed by atoms with Crippen molar-refractivity contribution in [1.29, 1.82) is 0 Å². The number of ether oxygens (including phenoxy) is 2. The summed E-state index contributed by atoms with van der Waals surface area (Å²) in [5.74, 6) is -0.153. The number of amides is 4. The maximum absolute atomic E-state index is 12.1. The van der Waals surface area contributed by atoms with E-state index in [0.29, 0.717) is 70.8 Å². The second-order valence-corrected chi connectivity index (χ2v) is 11.5. The molecule has 1 fully saturated rings. The molecule has 1 saturated heterocycles. The van der Waals surface area contributed by atoms with Gasteiger partial charge < -0.3 is 30.3 Å². The molecule has 1 aromatic rings. The van der Waals surface area contributed by atoms with Crippen LogP contribution >= 0.6 is 0 Å². The summed E-state index contributed by atoms with van der Waals surface area (Å²) in [7, 11) is 0. The lowest BCUT2D eigenvalue weighted by molar-refractivity contribution is -0.145. The Bertz CT molecular complexity index is 1030. The number of rotatable bonds is 22. The van der Waals surface area contributed by atoms with E-state index in [1.165, 1.54) is 19.3 Å². The van der Waals surface area contributed by atoms with Crippen LogP contribution in [0.5, 0.6) is 0 Å². The maximum Gasteiger partial charge on any atom is 0.226 e. The minimum atomic E-state index is -0.166. The topological polar surface area (TPSA) is 143 Å². The van der Waals surface area contributed by atoms with Crippen molar-refractivity contribution in [2.75, 3.05) is 51.4 Å². The van der Waals surface area contributed by atoms with Crippen molar-refractivity contribution in [3.63, 3.8) is 0 Å². The number of hydrogen-bond donors (Lipinski definition) is 3.